The van der Waals surface area contributed by atoms with Gasteiger partial charge in [-0.2, -0.15) is 11.8 Å². The van der Waals surface area contributed by atoms with E-state index in [9.17, 15) is 13.2 Å². The number of nitrogens with zero attached hydrogens (tertiary/aromatic N) is 2. The fourth-order valence-electron chi connectivity index (χ4n) is 3.34. The quantitative estimate of drug-likeness (QED) is 0.176. The van der Waals surface area contributed by atoms with E-state index in [0.29, 0.717) is 5.75 Å². The Hall–Kier alpha value is -2.39. The van der Waals surface area contributed by atoms with Gasteiger partial charge in [-0.1, -0.05) is 46.6 Å². The molecule has 0 radical (unpaired) electrons. The third-order valence-electron chi connectivity index (χ3n) is 5.46. The van der Waals surface area contributed by atoms with Crippen LogP contribution in [-0.4, -0.2) is 48.1 Å². The summed E-state index contributed by atoms with van der Waals surface area (Å²) in [5.74, 6) is 0.761. The van der Waals surface area contributed by atoms with Gasteiger partial charge in [0, 0.05) is 23.9 Å². The van der Waals surface area contributed by atoms with E-state index in [1.807, 2.05) is 4.72 Å². The van der Waals surface area contributed by atoms with Gasteiger partial charge in [-0.3, -0.25) is 9.52 Å². The van der Waals surface area contributed by atoms with Crippen molar-refractivity contribution in [2.75, 3.05) is 23.1 Å². The lowest BCUT2D eigenvalue weighted by molar-refractivity contribution is -0.119. The molecule has 1 unspecified atom stereocenters. The molecule has 7 nitrogen and oxygen atoms in total. The minimum absolute atomic E-state index is 0.278. The number of nitrogens with one attached hydrogen (secondary N) is 2. The van der Waals surface area contributed by atoms with Crippen molar-refractivity contribution in [2.24, 2.45) is 0 Å². The summed E-state index contributed by atoms with van der Waals surface area (Å²) < 4.78 is 25.0. The number of anilines is 1. The smallest absolute Gasteiger partial charge is 0.256 e. The first-order chi connectivity index (χ1) is 17.5. The van der Waals surface area contributed by atoms with Gasteiger partial charge in [-0.05, 0) is 79.2 Å². The van der Waals surface area contributed by atoms with Crippen LogP contribution in [0.2, 0.25) is 0 Å². The summed E-state index contributed by atoms with van der Waals surface area (Å²) in [6.45, 7) is 10.8. The third-order valence-corrected chi connectivity index (χ3v) is 7.00. The van der Waals surface area contributed by atoms with Crippen molar-refractivity contribution < 1.29 is 13.2 Å². The van der Waals surface area contributed by atoms with Gasteiger partial charge in [-0.25, -0.2) is 18.4 Å². The summed E-state index contributed by atoms with van der Waals surface area (Å²) >= 11 is 1.55. The van der Waals surface area contributed by atoms with E-state index in [4.69, 9.17) is 0 Å². The Labute approximate surface area is 228 Å². The molecular formula is C28H44N4O3S2. The monoisotopic (exact) mass is 548 g/mol. The van der Waals surface area contributed by atoms with Crippen molar-refractivity contribution in [2.45, 2.75) is 79.2 Å². The highest BCUT2D eigenvalue weighted by Crippen LogP contribution is 2.15. The Morgan fingerprint density at radius 1 is 0.892 bits per heavy atom. The van der Waals surface area contributed by atoms with E-state index in [1.165, 1.54) is 22.3 Å². The summed E-state index contributed by atoms with van der Waals surface area (Å²) in [5.41, 5.74) is 5.56. The van der Waals surface area contributed by atoms with Crippen LogP contribution in [-0.2, 0) is 14.8 Å². The normalized spacial score (nSPS) is 13.7. The Bertz CT molecular complexity index is 1060. The number of carbonyl (C=O) groups excluding carboxylic acids is 1. The molecule has 37 heavy (non-hydrogen) atoms. The summed E-state index contributed by atoms with van der Waals surface area (Å²) in [4.78, 5) is 20.6. The van der Waals surface area contributed by atoms with Crippen LogP contribution in [0.25, 0.3) is 0 Å². The standard InChI is InChI=1S/C28H44N4O3S2/c1-22(2)11-7-12-23(3)13-8-14-24(4)15-9-16-25(5)17-20-36-21-26(27(33)32-37(6,34)35)31-28-29-18-10-19-30-28/h10-11,13,15,17-19,26H,7-9,12,14,16,20-21H2,1-6H3,(H,32,33)(H,29,30,31). The molecule has 0 spiro atoms. The van der Waals surface area contributed by atoms with Crippen LogP contribution < -0.4 is 10.0 Å². The SMILES string of the molecule is CC(C)=CCCC(C)=CCCC(C)=CCCC(C)=CCSCC(Nc1ncccn1)C(=O)NS(C)(=O)=O. The first-order valence-corrected chi connectivity index (χ1v) is 15.7. The molecule has 1 atom stereocenters. The van der Waals surface area contributed by atoms with Crippen molar-refractivity contribution >= 4 is 33.6 Å². The predicted molar refractivity (Wildman–Crippen MR) is 158 cm³/mol. The van der Waals surface area contributed by atoms with Crippen molar-refractivity contribution in [1.29, 1.82) is 0 Å². The van der Waals surface area contributed by atoms with Gasteiger partial charge in [0.15, 0.2) is 0 Å². The molecular weight excluding hydrogens is 504 g/mol. The van der Waals surface area contributed by atoms with E-state index >= 15 is 0 Å². The van der Waals surface area contributed by atoms with Crippen molar-refractivity contribution in [3.8, 4) is 0 Å². The zero-order valence-electron chi connectivity index (χ0n) is 23.2. The highest BCUT2D eigenvalue weighted by Gasteiger charge is 2.22. The van der Waals surface area contributed by atoms with Crippen molar-refractivity contribution in [3.63, 3.8) is 0 Å². The number of amides is 1. The number of hydrogen-bond acceptors (Lipinski definition) is 7. The first kappa shape index (κ1) is 32.6. The van der Waals surface area contributed by atoms with E-state index in [-0.39, 0.29) is 5.95 Å². The second kappa shape index (κ2) is 18.0. The number of thioether (sulfide) groups is 1. The predicted octanol–water partition coefficient (Wildman–Crippen LogP) is 6.21. The van der Waals surface area contributed by atoms with Crippen LogP contribution in [0, 0.1) is 0 Å². The Morgan fingerprint density at radius 2 is 1.41 bits per heavy atom. The zero-order valence-corrected chi connectivity index (χ0v) is 24.8. The van der Waals surface area contributed by atoms with Crippen LogP contribution >= 0.6 is 11.8 Å². The number of allylic oxidation sites excluding steroid dienone is 7. The summed E-state index contributed by atoms with van der Waals surface area (Å²) in [7, 11) is -3.65. The molecule has 1 aromatic heterocycles. The minimum atomic E-state index is -3.65. The van der Waals surface area contributed by atoms with E-state index in [1.54, 1.807) is 30.2 Å². The molecule has 0 fully saturated rings. The molecule has 1 heterocycles. The Morgan fingerprint density at radius 3 is 1.92 bits per heavy atom. The van der Waals surface area contributed by atoms with Gasteiger partial charge >= 0.3 is 0 Å². The summed E-state index contributed by atoms with van der Waals surface area (Å²) in [6, 6.07) is 0.897. The second-order valence-corrected chi connectivity index (χ2v) is 12.4. The maximum absolute atomic E-state index is 12.4. The third kappa shape index (κ3) is 17.7. The van der Waals surface area contributed by atoms with Crippen LogP contribution in [0.5, 0.6) is 0 Å². The molecule has 1 amide bonds. The number of carbonyl (C=O) groups is 1. The van der Waals surface area contributed by atoms with Gasteiger partial charge in [0.2, 0.25) is 16.0 Å². The Kier molecular flexibility index (Phi) is 15.8. The molecule has 0 aliphatic rings. The summed E-state index contributed by atoms with van der Waals surface area (Å²) in [5, 5.41) is 2.92. The van der Waals surface area contributed by atoms with E-state index < -0.39 is 22.0 Å². The fourth-order valence-corrected chi connectivity index (χ4v) is 4.86. The number of aromatic nitrogens is 2. The highest BCUT2D eigenvalue weighted by atomic mass is 32.2. The molecule has 0 bridgehead atoms. The number of hydrogen-bond donors (Lipinski definition) is 2. The van der Waals surface area contributed by atoms with Gasteiger partial charge in [-0.15, -0.1) is 0 Å². The lowest BCUT2D eigenvalue weighted by Gasteiger charge is -2.17. The van der Waals surface area contributed by atoms with Crippen molar-refractivity contribution in [3.05, 3.63) is 65.1 Å². The second-order valence-electron chi connectivity index (χ2n) is 9.59. The molecule has 0 aliphatic heterocycles. The zero-order chi connectivity index (χ0) is 27.7. The molecule has 0 saturated carbocycles. The van der Waals surface area contributed by atoms with Gasteiger partial charge < -0.3 is 5.32 Å². The first-order valence-electron chi connectivity index (χ1n) is 12.7. The molecule has 2 N–H and O–H groups in total. The van der Waals surface area contributed by atoms with E-state index in [0.717, 1.165) is 50.5 Å². The minimum Gasteiger partial charge on any atom is -0.342 e. The van der Waals surface area contributed by atoms with Gasteiger partial charge in [0.05, 0.1) is 6.26 Å². The van der Waals surface area contributed by atoms with Gasteiger partial charge in [0.25, 0.3) is 5.91 Å². The average Bonchev–Trinajstić information content (AvgIpc) is 2.80. The molecule has 1 aromatic rings. The van der Waals surface area contributed by atoms with Gasteiger partial charge in [0.1, 0.15) is 6.04 Å². The fraction of sp³-hybridized carbons (Fsp3) is 0.536. The molecule has 0 saturated heterocycles. The lowest BCUT2D eigenvalue weighted by atomic mass is 10.0. The maximum atomic E-state index is 12.4. The van der Waals surface area contributed by atoms with Crippen LogP contribution in [0.15, 0.2) is 65.1 Å². The lowest BCUT2D eigenvalue weighted by Crippen LogP contribution is -2.44. The van der Waals surface area contributed by atoms with Crippen LogP contribution in [0.1, 0.15) is 73.1 Å². The number of rotatable bonds is 17. The topological polar surface area (TPSA) is 101 Å². The molecule has 9 heteroatoms. The molecule has 206 valence electrons. The van der Waals surface area contributed by atoms with E-state index in [2.05, 4.69) is 74.2 Å². The highest BCUT2D eigenvalue weighted by molar-refractivity contribution is 7.99. The largest absolute Gasteiger partial charge is 0.342 e. The molecule has 1 rings (SSSR count). The molecule has 0 aromatic carbocycles. The number of sulfonamides is 1. The van der Waals surface area contributed by atoms with Crippen molar-refractivity contribution in [1.82, 2.24) is 14.7 Å². The van der Waals surface area contributed by atoms with Crippen LogP contribution in [0.3, 0.4) is 0 Å². The maximum Gasteiger partial charge on any atom is 0.256 e. The summed E-state index contributed by atoms with van der Waals surface area (Å²) in [6.07, 6.45) is 19.6. The van der Waals surface area contributed by atoms with Crippen LogP contribution in [0.4, 0.5) is 5.95 Å². The molecule has 0 aliphatic carbocycles. The average molecular weight is 549 g/mol. The Balaban J connectivity index is 2.44.